The van der Waals surface area contributed by atoms with Gasteiger partial charge in [-0.05, 0) is 13.5 Å². The average Bonchev–Trinajstić information content (AvgIpc) is 1.67. The largest absolute Gasteiger partial charge is 0.390 e. The second kappa shape index (κ2) is 2.03. The molecule has 2 heteroatoms. The molecule has 0 aromatic heterocycles. The van der Waals surface area contributed by atoms with Crippen LogP contribution in [0.2, 0.25) is 0 Å². The van der Waals surface area contributed by atoms with Crippen molar-refractivity contribution in [2.45, 2.75) is 25.5 Å². The second-order valence-electron chi connectivity index (χ2n) is 2.48. The molecule has 8 heavy (non-hydrogen) atoms. The predicted molar refractivity (Wildman–Crippen MR) is 32.7 cm³/mol. The molecule has 1 aliphatic heterocycles. The van der Waals surface area contributed by atoms with Crippen molar-refractivity contribution in [3.8, 4) is 0 Å². The highest BCUT2D eigenvalue weighted by Gasteiger charge is 2.32. The Labute approximate surface area is 50.1 Å². The number of hydrogen-bond donors (Lipinski definition) is 1. The monoisotopic (exact) mass is 115 g/mol. The summed E-state index contributed by atoms with van der Waals surface area (Å²) in [5, 5.41) is 9.04. The van der Waals surface area contributed by atoms with Crippen LogP contribution in [0, 0.1) is 0 Å². The number of likely N-dealkylation sites (N-methyl/N-ethyl adjacent to an activating group) is 1. The van der Waals surface area contributed by atoms with Gasteiger partial charge in [-0.2, -0.15) is 0 Å². The van der Waals surface area contributed by atoms with Gasteiger partial charge in [0.05, 0.1) is 6.10 Å². The molecule has 1 aliphatic rings. The van der Waals surface area contributed by atoms with Crippen molar-refractivity contribution in [3.63, 3.8) is 0 Å². The fourth-order valence-corrected chi connectivity index (χ4v) is 1.29. The summed E-state index contributed by atoms with van der Waals surface area (Å²) in [5.74, 6) is 0. The lowest BCUT2D eigenvalue weighted by atomic mass is 9.98. The normalized spacial score (nSPS) is 39.4. The average molecular weight is 115 g/mol. The Morgan fingerprint density at radius 1 is 1.75 bits per heavy atom. The molecule has 1 N–H and O–H groups in total. The van der Waals surface area contributed by atoms with E-state index in [1.165, 1.54) is 0 Å². The fraction of sp³-hybridized carbons (Fsp3) is 1.00. The maximum atomic E-state index is 9.04. The second-order valence-corrected chi connectivity index (χ2v) is 2.48. The summed E-state index contributed by atoms with van der Waals surface area (Å²) in [5.41, 5.74) is 0. The Morgan fingerprint density at radius 3 is 2.50 bits per heavy atom. The van der Waals surface area contributed by atoms with Gasteiger partial charge in [0.2, 0.25) is 0 Å². The van der Waals surface area contributed by atoms with Crippen LogP contribution in [-0.2, 0) is 0 Å². The zero-order valence-corrected chi connectivity index (χ0v) is 5.46. The Hall–Kier alpha value is -0.0800. The molecule has 0 aliphatic carbocycles. The molecule has 1 heterocycles. The van der Waals surface area contributed by atoms with Crippen molar-refractivity contribution in [2.24, 2.45) is 0 Å². The minimum absolute atomic E-state index is 0.0509. The standard InChI is InChI=1S/C6H13NO/c1-3-5-6(8)4-7(5)2/h5-6,8H,3-4H2,1-2H3. The third-order valence-corrected chi connectivity index (χ3v) is 1.90. The summed E-state index contributed by atoms with van der Waals surface area (Å²) in [6, 6.07) is 0.440. The lowest BCUT2D eigenvalue weighted by molar-refractivity contribution is -0.0461. The van der Waals surface area contributed by atoms with Gasteiger partial charge in [-0.1, -0.05) is 6.92 Å². The van der Waals surface area contributed by atoms with Crippen LogP contribution in [0.3, 0.4) is 0 Å². The van der Waals surface area contributed by atoms with E-state index in [4.69, 9.17) is 5.11 Å². The molecule has 1 saturated heterocycles. The molecule has 0 bridgehead atoms. The topological polar surface area (TPSA) is 23.5 Å². The molecule has 0 radical (unpaired) electrons. The molecular weight excluding hydrogens is 102 g/mol. The van der Waals surface area contributed by atoms with Gasteiger partial charge in [0.25, 0.3) is 0 Å². The maximum Gasteiger partial charge on any atom is 0.0821 e. The summed E-state index contributed by atoms with van der Waals surface area (Å²) < 4.78 is 0. The first-order chi connectivity index (χ1) is 3.75. The summed E-state index contributed by atoms with van der Waals surface area (Å²) in [6.45, 7) is 2.96. The molecule has 0 aromatic carbocycles. The minimum atomic E-state index is -0.0509. The van der Waals surface area contributed by atoms with Crippen LogP contribution in [-0.4, -0.2) is 35.7 Å². The molecule has 48 valence electrons. The Bertz CT molecular complexity index is 76.6. The summed E-state index contributed by atoms with van der Waals surface area (Å²) >= 11 is 0. The lowest BCUT2D eigenvalue weighted by Crippen LogP contribution is -2.57. The highest BCUT2D eigenvalue weighted by molar-refractivity contribution is 4.87. The molecule has 0 aromatic rings. The smallest absolute Gasteiger partial charge is 0.0821 e. The first-order valence-corrected chi connectivity index (χ1v) is 3.14. The molecule has 1 rings (SSSR count). The van der Waals surface area contributed by atoms with Crippen LogP contribution in [0.5, 0.6) is 0 Å². The first kappa shape index (κ1) is 6.05. The van der Waals surface area contributed by atoms with Gasteiger partial charge < -0.3 is 5.11 Å². The molecule has 2 nitrogen and oxygen atoms in total. The number of hydrogen-bond acceptors (Lipinski definition) is 2. The number of aliphatic hydroxyl groups is 1. The van der Waals surface area contributed by atoms with Gasteiger partial charge in [0.15, 0.2) is 0 Å². The van der Waals surface area contributed by atoms with E-state index in [9.17, 15) is 0 Å². The van der Waals surface area contributed by atoms with E-state index in [2.05, 4.69) is 11.8 Å². The van der Waals surface area contributed by atoms with E-state index in [0.717, 1.165) is 13.0 Å². The van der Waals surface area contributed by atoms with Crippen molar-refractivity contribution in [2.75, 3.05) is 13.6 Å². The number of β-amino-alcohol motifs (C(OH)–C–C–N with tert-alkyl or cyclic N) is 1. The van der Waals surface area contributed by atoms with Gasteiger partial charge in [-0.15, -0.1) is 0 Å². The molecular formula is C6H13NO. The van der Waals surface area contributed by atoms with E-state index in [1.807, 2.05) is 7.05 Å². The number of rotatable bonds is 1. The summed E-state index contributed by atoms with van der Waals surface area (Å²) in [4.78, 5) is 2.17. The van der Waals surface area contributed by atoms with Crippen LogP contribution in [0.4, 0.5) is 0 Å². The van der Waals surface area contributed by atoms with E-state index in [-0.39, 0.29) is 6.10 Å². The SMILES string of the molecule is CCC1C(O)CN1C. The van der Waals surface area contributed by atoms with Gasteiger partial charge in [0.1, 0.15) is 0 Å². The quantitative estimate of drug-likeness (QED) is 0.523. The van der Waals surface area contributed by atoms with Crippen molar-refractivity contribution in [1.29, 1.82) is 0 Å². The third-order valence-electron chi connectivity index (χ3n) is 1.90. The van der Waals surface area contributed by atoms with Crippen LogP contribution in [0.25, 0.3) is 0 Å². The van der Waals surface area contributed by atoms with E-state index in [0.29, 0.717) is 6.04 Å². The van der Waals surface area contributed by atoms with Crippen LogP contribution in [0.15, 0.2) is 0 Å². The van der Waals surface area contributed by atoms with Crippen molar-refractivity contribution >= 4 is 0 Å². The van der Waals surface area contributed by atoms with E-state index < -0.39 is 0 Å². The first-order valence-electron chi connectivity index (χ1n) is 3.14. The van der Waals surface area contributed by atoms with Gasteiger partial charge in [0, 0.05) is 12.6 Å². The Morgan fingerprint density at radius 2 is 2.38 bits per heavy atom. The number of likely N-dealkylation sites (tertiary alicyclic amines) is 1. The van der Waals surface area contributed by atoms with Crippen LogP contribution >= 0.6 is 0 Å². The third kappa shape index (κ3) is 0.740. The lowest BCUT2D eigenvalue weighted by Gasteiger charge is -2.42. The number of aliphatic hydroxyl groups excluding tert-OH is 1. The van der Waals surface area contributed by atoms with Crippen LogP contribution < -0.4 is 0 Å². The maximum absolute atomic E-state index is 9.04. The molecule has 2 unspecified atom stereocenters. The highest BCUT2D eigenvalue weighted by Crippen LogP contribution is 2.17. The molecule has 0 amide bonds. The molecule has 0 saturated carbocycles. The minimum Gasteiger partial charge on any atom is -0.390 e. The van der Waals surface area contributed by atoms with Gasteiger partial charge in [-0.25, -0.2) is 0 Å². The predicted octanol–water partition coefficient (Wildman–Crippen LogP) is 0.0713. The molecule has 2 atom stereocenters. The molecule has 1 fully saturated rings. The zero-order chi connectivity index (χ0) is 6.15. The summed E-state index contributed by atoms with van der Waals surface area (Å²) in [6.07, 6.45) is 1.02. The van der Waals surface area contributed by atoms with Crippen molar-refractivity contribution in [3.05, 3.63) is 0 Å². The van der Waals surface area contributed by atoms with Crippen molar-refractivity contribution < 1.29 is 5.11 Å². The van der Waals surface area contributed by atoms with E-state index in [1.54, 1.807) is 0 Å². The van der Waals surface area contributed by atoms with Gasteiger partial charge >= 0.3 is 0 Å². The summed E-state index contributed by atoms with van der Waals surface area (Å²) in [7, 11) is 2.04. The van der Waals surface area contributed by atoms with Crippen LogP contribution in [0.1, 0.15) is 13.3 Å². The highest BCUT2D eigenvalue weighted by atomic mass is 16.3. The van der Waals surface area contributed by atoms with Gasteiger partial charge in [-0.3, -0.25) is 4.90 Å². The zero-order valence-electron chi connectivity index (χ0n) is 5.46. The van der Waals surface area contributed by atoms with E-state index >= 15 is 0 Å². The van der Waals surface area contributed by atoms with Crippen molar-refractivity contribution in [1.82, 2.24) is 4.90 Å². The number of nitrogens with zero attached hydrogens (tertiary/aromatic N) is 1. The fourth-order valence-electron chi connectivity index (χ4n) is 1.29. The Balaban J connectivity index is 2.29. The molecule has 0 spiro atoms. The Kier molecular flexibility index (Phi) is 1.54.